The summed E-state index contributed by atoms with van der Waals surface area (Å²) in [6.45, 7) is 8.83. The standard InChI is InChI=1S/C24H36N2O3/c1-4-13-25(14-5-2)18-21-11-12-23(24(17-21)28-3)29-20-22(27)19-26-15-9-7-6-8-10-16-26/h1,5,11-12,17,22,27H,2,6-10,13-16,18-20H2,3H3/t22-/m1/s1. The summed E-state index contributed by atoms with van der Waals surface area (Å²) in [5.41, 5.74) is 1.09. The zero-order valence-electron chi connectivity index (χ0n) is 17.8. The Morgan fingerprint density at radius 1 is 1.24 bits per heavy atom. The maximum Gasteiger partial charge on any atom is 0.161 e. The molecule has 0 aliphatic carbocycles. The van der Waals surface area contributed by atoms with Crippen LogP contribution in [0.3, 0.4) is 0 Å². The molecule has 1 heterocycles. The number of hydrogen-bond donors (Lipinski definition) is 1. The molecule has 1 aromatic rings. The van der Waals surface area contributed by atoms with Crippen LogP contribution >= 0.6 is 0 Å². The molecule has 0 amide bonds. The second kappa shape index (κ2) is 13.3. The van der Waals surface area contributed by atoms with Crippen LogP contribution in [0.2, 0.25) is 0 Å². The number of benzene rings is 1. The van der Waals surface area contributed by atoms with Crippen molar-refractivity contribution < 1.29 is 14.6 Å². The van der Waals surface area contributed by atoms with Crippen molar-refractivity contribution in [1.29, 1.82) is 0 Å². The zero-order chi connectivity index (χ0) is 20.9. The highest BCUT2D eigenvalue weighted by Gasteiger charge is 2.15. The molecule has 0 aromatic heterocycles. The smallest absolute Gasteiger partial charge is 0.161 e. The summed E-state index contributed by atoms with van der Waals surface area (Å²) in [4.78, 5) is 4.47. The van der Waals surface area contributed by atoms with Gasteiger partial charge in [-0.25, -0.2) is 0 Å². The summed E-state index contributed by atoms with van der Waals surface area (Å²) >= 11 is 0. The molecule has 0 unspecified atom stereocenters. The molecule has 0 spiro atoms. The van der Waals surface area contributed by atoms with Gasteiger partial charge in [0.25, 0.3) is 0 Å². The van der Waals surface area contributed by atoms with Gasteiger partial charge in [0.15, 0.2) is 11.5 Å². The third kappa shape index (κ3) is 8.49. The highest BCUT2D eigenvalue weighted by Crippen LogP contribution is 2.28. The number of rotatable bonds is 11. The first-order valence-electron chi connectivity index (χ1n) is 10.6. The van der Waals surface area contributed by atoms with Gasteiger partial charge in [-0.3, -0.25) is 4.90 Å². The van der Waals surface area contributed by atoms with Gasteiger partial charge < -0.3 is 19.5 Å². The van der Waals surface area contributed by atoms with E-state index >= 15 is 0 Å². The third-order valence-electron chi connectivity index (χ3n) is 5.19. The van der Waals surface area contributed by atoms with Gasteiger partial charge >= 0.3 is 0 Å². The molecule has 1 saturated heterocycles. The minimum Gasteiger partial charge on any atom is -0.493 e. The fourth-order valence-corrected chi connectivity index (χ4v) is 3.72. The van der Waals surface area contributed by atoms with Crippen molar-refractivity contribution in [3.8, 4) is 23.8 Å². The van der Waals surface area contributed by atoms with E-state index in [9.17, 15) is 5.11 Å². The average Bonchev–Trinajstić information content (AvgIpc) is 2.69. The van der Waals surface area contributed by atoms with E-state index in [-0.39, 0.29) is 6.61 Å². The van der Waals surface area contributed by atoms with Crippen LogP contribution in [0.5, 0.6) is 11.5 Å². The van der Waals surface area contributed by atoms with Gasteiger partial charge in [0.1, 0.15) is 12.7 Å². The molecule has 1 fully saturated rings. The Balaban J connectivity index is 1.89. The molecule has 1 N–H and O–H groups in total. The largest absolute Gasteiger partial charge is 0.493 e. The van der Waals surface area contributed by atoms with Gasteiger partial charge in [-0.1, -0.05) is 37.3 Å². The second-order valence-corrected chi connectivity index (χ2v) is 7.68. The third-order valence-corrected chi connectivity index (χ3v) is 5.19. The molecule has 5 heteroatoms. The number of β-amino-alcohol motifs (C(OH)–C–C–N with tert-alkyl or cyclic N) is 1. The molecule has 29 heavy (non-hydrogen) atoms. The average molecular weight is 401 g/mol. The second-order valence-electron chi connectivity index (χ2n) is 7.68. The highest BCUT2D eigenvalue weighted by atomic mass is 16.5. The van der Waals surface area contributed by atoms with E-state index in [0.717, 1.165) is 25.2 Å². The van der Waals surface area contributed by atoms with Crippen LogP contribution in [0.25, 0.3) is 0 Å². The summed E-state index contributed by atoms with van der Waals surface area (Å²) in [6.07, 6.45) is 13.1. The van der Waals surface area contributed by atoms with E-state index in [2.05, 4.69) is 22.3 Å². The van der Waals surface area contributed by atoms with Crippen molar-refractivity contribution in [2.24, 2.45) is 0 Å². The van der Waals surface area contributed by atoms with E-state index in [4.69, 9.17) is 15.9 Å². The Morgan fingerprint density at radius 2 is 1.97 bits per heavy atom. The molecule has 160 valence electrons. The molecular weight excluding hydrogens is 364 g/mol. The van der Waals surface area contributed by atoms with E-state index in [1.54, 1.807) is 7.11 Å². The van der Waals surface area contributed by atoms with E-state index < -0.39 is 6.10 Å². The fraction of sp³-hybridized carbons (Fsp3) is 0.583. The van der Waals surface area contributed by atoms with E-state index in [1.165, 1.54) is 32.1 Å². The van der Waals surface area contributed by atoms with Crippen LogP contribution in [0.15, 0.2) is 30.9 Å². The fourth-order valence-electron chi connectivity index (χ4n) is 3.72. The number of aliphatic hydroxyl groups excluding tert-OH is 1. The lowest BCUT2D eigenvalue weighted by Crippen LogP contribution is -2.37. The Hall–Kier alpha value is -2.00. The quantitative estimate of drug-likeness (QED) is 0.456. The van der Waals surface area contributed by atoms with Crippen LogP contribution in [0.4, 0.5) is 0 Å². The van der Waals surface area contributed by atoms with Crippen molar-refractivity contribution in [2.45, 2.75) is 44.8 Å². The Labute approximate surface area is 176 Å². The van der Waals surface area contributed by atoms with Crippen LogP contribution in [-0.2, 0) is 6.54 Å². The summed E-state index contributed by atoms with van der Waals surface area (Å²) < 4.78 is 11.4. The van der Waals surface area contributed by atoms with Gasteiger partial charge in [0, 0.05) is 19.6 Å². The summed E-state index contributed by atoms with van der Waals surface area (Å²) in [6, 6.07) is 5.88. The Bertz CT molecular complexity index is 648. The maximum absolute atomic E-state index is 10.4. The van der Waals surface area contributed by atoms with Crippen LogP contribution < -0.4 is 9.47 Å². The topological polar surface area (TPSA) is 45.2 Å². The lowest BCUT2D eigenvalue weighted by atomic mass is 10.1. The molecule has 0 radical (unpaired) electrons. The van der Waals surface area contributed by atoms with Crippen molar-refractivity contribution in [3.05, 3.63) is 36.4 Å². The van der Waals surface area contributed by atoms with Gasteiger partial charge in [0.05, 0.1) is 13.7 Å². The number of likely N-dealkylation sites (tertiary alicyclic amines) is 1. The number of methoxy groups -OCH3 is 1. The molecular formula is C24H36N2O3. The summed E-state index contributed by atoms with van der Waals surface area (Å²) in [5, 5.41) is 10.4. The van der Waals surface area contributed by atoms with Crippen molar-refractivity contribution in [3.63, 3.8) is 0 Å². The van der Waals surface area contributed by atoms with Gasteiger partial charge in [-0.2, -0.15) is 0 Å². The number of nitrogens with zero attached hydrogens (tertiary/aromatic N) is 2. The first-order valence-corrected chi connectivity index (χ1v) is 10.6. The lowest BCUT2D eigenvalue weighted by Gasteiger charge is -2.27. The molecule has 5 nitrogen and oxygen atoms in total. The minimum absolute atomic E-state index is 0.256. The minimum atomic E-state index is -0.516. The maximum atomic E-state index is 10.4. The predicted molar refractivity (Wildman–Crippen MR) is 118 cm³/mol. The monoisotopic (exact) mass is 400 g/mol. The van der Waals surface area contributed by atoms with E-state index in [0.29, 0.717) is 31.1 Å². The van der Waals surface area contributed by atoms with E-state index in [1.807, 2.05) is 24.3 Å². The van der Waals surface area contributed by atoms with Crippen LogP contribution in [-0.4, -0.2) is 67.5 Å². The van der Waals surface area contributed by atoms with Crippen LogP contribution in [0, 0.1) is 12.3 Å². The normalized spacial score (nSPS) is 16.5. The molecule has 2 rings (SSSR count). The molecule has 0 bridgehead atoms. The number of hydrogen-bond acceptors (Lipinski definition) is 5. The molecule has 1 aliphatic rings. The number of ether oxygens (including phenoxy) is 2. The SMILES string of the molecule is C#CCN(CC=C)Cc1ccc(OC[C@H](O)CN2CCCCCCC2)c(OC)c1. The van der Waals surface area contributed by atoms with Gasteiger partial charge in [0.2, 0.25) is 0 Å². The first kappa shape index (κ1) is 23.3. The van der Waals surface area contributed by atoms with Crippen molar-refractivity contribution in [1.82, 2.24) is 9.80 Å². The van der Waals surface area contributed by atoms with Crippen molar-refractivity contribution in [2.75, 3.05) is 46.4 Å². The highest BCUT2D eigenvalue weighted by molar-refractivity contribution is 5.43. The predicted octanol–water partition coefficient (Wildman–Crippen LogP) is 3.32. The van der Waals surface area contributed by atoms with Crippen LogP contribution in [0.1, 0.15) is 37.7 Å². The number of terminal acetylenes is 1. The summed E-state index contributed by atoms with van der Waals surface area (Å²) in [7, 11) is 1.63. The van der Waals surface area contributed by atoms with Gasteiger partial charge in [-0.15, -0.1) is 13.0 Å². The first-order chi connectivity index (χ1) is 14.2. The lowest BCUT2D eigenvalue weighted by molar-refractivity contribution is 0.0645. The molecule has 0 saturated carbocycles. The zero-order valence-corrected chi connectivity index (χ0v) is 17.8. The number of aliphatic hydroxyl groups is 1. The molecule has 1 atom stereocenters. The molecule has 1 aromatic carbocycles. The Morgan fingerprint density at radius 3 is 2.62 bits per heavy atom. The summed E-state index contributed by atoms with van der Waals surface area (Å²) in [5.74, 6) is 3.99. The van der Waals surface area contributed by atoms with Gasteiger partial charge in [-0.05, 0) is 43.6 Å². The Kier molecular flexibility index (Phi) is 10.6. The van der Waals surface area contributed by atoms with Crippen molar-refractivity contribution >= 4 is 0 Å². The molecule has 1 aliphatic heterocycles.